The Balaban J connectivity index is 1.49. The lowest BCUT2D eigenvalue weighted by Crippen LogP contribution is -2.35. The van der Waals surface area contributed by atoms with E-state index in [-0.39, 0.29) is 13.4 Å². The summed E-state index contributed by atoms with van der Waals surface area (Å²) < 4.78 is 16.3. The number of benzene rings is 2. The van der Waals surface area contributed by atoms with E-state index in [0.29, 0.717) is 24.4 Å². The van der Waals surface area contributed by atoms with Crippen molar-refractivity contribution in [2.24, 2.45) is 0 Å². The molecule has 26 heavy (non-hydrogen) atoms. The number of nitrogens with zero attached hydrogens (tertiary/aromatic N) is 2. The van der Waals surface area contributed by atoms with Crippen LogP contribution in [0.5, 0.6) is 17.2 Å². The molecule has 1 heterocycles. The first-order chi connectivity index (χ1) is 12.7. The quantitative estimate of drug-likeness (QED) is 0.785. The van der Waals surface area contributed by atoms with Gasteiger partial charge in [-0.05, 0) is 48.5 Å². The summed E-state index contributed by atoms with van der Waals surface area (Å²) in [6.45, 7) is 4.54. The van der Waals surface area contributed by atoms with Crippen LogP contribution in [-0.2, 0) is 6.54 Å². The first-order valence-corrected chi connectivity index (χ1v) is 8.60. The number of fused-ring (bicyclic) bond motifs is 1. The zero-order valence-corrected chi connectivity index (χ0v) is 14.7. The Kier molecular flexibility index (Phi) is 5.95. The fourth-order valence-corrected chi connectivity index (χ4v) is 2.77. The van der Waals surface area contributed by atoms with E-state index in [1.165, 1.54) is 0 Å². The topological polar surface area (TPSA) is 75.0 Å². The third-order valence-corrected chi connectivity index (χ3v) is 4.19. The van der Waals surface area contributed by atoms with Crippen LogP contribution >= 0.6 is 0 Å². The van der Waals surface area contributed by atoms with Gasteiger partial charge in [-0.15, -0.1) is 0 Å². The average molecular weight is 354 g/mol. The van der Waals surface area contributed by atoms with E-state index in [4.69, 9.17) is 19.5 Å². The van der Waals surface area contributed by atoms with Gasteiger partial charge in [-0.2, -0.15) is 5.26 Å². The summed E-state index contributed by atoms with van der Waals surface area (Å²) in [5.41, 5.74) is 1.69. The predicted molar refractivity (Wildman–Crippen MR) is 96.2 cm³/mol. The highest BCUT2D eigenvalue weighted by Crippen LogP contribution is 2.32. The zero-order valence-electron chi connectivity index (χ0n) is 14.7. The summed E-state index contributed by atoms with van der Waals surface area (Å²) in [5, 5.41) is 19.1. The van der Waals surface area contributed by atoms with Crippen LogP contribution in [0.3, 0.4) is 0 Å². The van der Waals surface area contributed by atoms with Crippen LogP contribution in [0, 0.1) is 11.3 Å². The molecule has 0 spiro atoms. The van der Waals surface area contributed by atoms with E-state index in [0.717, 1.165) is 23.6 Å². The second-order valence-corrected chi connectivity index (χ2v) is 6.12. The second-order valence-electron chi connectivity index (χ2n) is 6.12. The SMILES string of the molecule is CCN(Cc1ccc2c(c1)OCO2)CC(O)COc1ccc(C#N)cc1. The van der Waals surface area contributed by atoms with Gasteiger partial charge in [0.2, 0.25) is 6.79 Å². The molecule has 0 saturated carbocycles. The minimum Gasteiger partial charge on any atom is -0.491 e. The molecular formula is C20H22N2O4. The Morgan fingerprint density at radius 2 is 1.96 bits per heavy atom. The number of hydrogen-bond donors (Lipinski definition) is 1. The predicted octanol–water partition coefficient (Wildman–Crippen LogP) is 2.55. The van der Waals surface area contributed by atoms with E-state index in [2.05, 4.69) is 17.9 Å². The molecule has 0 aromatic heterocycles. The van der Waals surface area contributed by atoms with Crippen molar-refractivity contribution in [2.45, 2.75) is 19.6 Å². The molecule has 0 bridgehead atoms. The Morgan fingerprint density at radius 1 is 1.19 bits per heavy atom. The normalized spacial score (nSPS) is 13.5. The molecule has 3 rings (SSSR count). The molecule has 1 aliphatic heterocycles. The Morgan fingerprint density at radius 3 is 2.69 bits per heavy atom. The maximum Gasteiger partial charge on any atom is 0.231 e. The van der Waals surface area contributed by atoms with Crippen LogP contribution in [0.4, 0.5) is 0 Å². The van der Waals surface area contributed by atoms with E-state index in [9.17, 15) is 5.11 Å². The molecule has 136 valence electrons. The van der Waals surface area contributed by atoms with E-state index >= 15 is 0 Å². The third-order valence-electron chi connectivity index (χ3n) is 4.19. The smallest absolute Gasteiger partial charge is 0.231 e. The Hall–Kier alpha value is -2.75. The van der Waals surface area contributed by atoms with Gasteiger partial charge >= 0.3 is 0 Å². The fraction of sp³-hybridized carbons (Fsp3) is 0.350. The monoisotopic (exact) mass is 354 g/mol. The van der Waals surface area contributed by atoms with Crippen molar-refractivity contribution in [3.8, 4) is 23.3 Å². The number of ether oxygens (including phenoxy) is 3. The molecule has 0 amide bonds. The molecule has 2 aromatic rings. The summed E-state index contributed by atoms with van der Waals surface area (Å²) in [4.78, 5) is 2.14. The van der Waals surface area contributed by atoms with Crippen molar-refractivity contribution < 1.29 is 19.3 Å². The van der Waals surface area contributed by atoms with Crippen LogP contribution in [-0.4, -0.2) is 42.6 Å². The number of aliphatic hydroxyl groups excluding tert-OH is 1. The van der Waals surface area contributed by atoms with Gasteiger partial charge in [0, 0.05) is 13.1 Å². The van der Waals surface area contributed by atoms with E-state index < -0.39 is 6.10 Å². The van der Waals surface area contributed by atoms with Crippen molar-refractivity contribution in [2.75, 3.05) is 26.5 Å². The second kappa shape index (κ2) is 8.56. The molecule has 1 atom stereocenters. The van der Waals surface area contributed by atoms with Gasteiger partial charge in [-0.3, -0.25) is 4.90 Å². The number of hydrogen-bond acceptors (Lipinski definition) is 6. The number of likely N-dealkylation sites (N-methyl/N-ethyl adjacent to an activating group) is 1. The molecule has 1 unspecified atom stereocenters. The standard InChI is InChI=1S/C20H22N2O4/c1-2-22(11-16-5-8-19-20(9-16)26-14-25-19)12-17(23)13-24-18-6-3-15(10-21)4-7-18/h3-9,17,23H,2,11-14H2,1H3. The largest absolute Gasteiger partial charge is 0.491 e. The average Bonchev–Trinajstić information content (AvgIpc) is 3.14. The maximum atomic E-state index is 10.3. The van der Waals surface area contributed by atoms with Crippen LogP contribution in [0.15, 0.2) is 42.5 Å². The van der Waals surface area contributed by atoms with Crippen molar-refractivity contribution in [3.05, 3.63) is 53.6 Å². The van der Waals surface area contributed by atoms with Gasteiger partial charge in [0.25, 0.3) is 0 Å². The minimum atomic E-state index is -0.611. The molecule has 0 aliphatic carbocycles. The van der Waals surface area contributed by atoms with Crippen LogP contribution in [0.1, 0.15) is 18.1 Å². The highest BCUT2D eigenvalue weighted by molar-refractivity contribution is 5.44. The third kappa shape index (κ3) is 4.66. The molecule has 1 N–H and O–H groups in total. The number of nitriles is 1. The summed E-state index contributed by atoms with van der Waals surface area (Å²) in [5.74, 6) is 2.18. The fourth-order valence-electron chi connectivity index (χ4n) is 2.77. The van der Waals surface area contributed by atoms with Gasteiger partial charge in [0.15, 0.2) is 11.5 Å². The lowest BCUT2D eigenvalue weighted by atomic mass is 10.2. The van der Waals surface area contributed by atoms with E-state index in [1.807, 2.05) is 18.2 Å². The molecule has 2 aromatic carbocycles. The van der Waals surface area contributed by atoms with Crippen molar-refractivity contribution in [3.63, 3.8) is 0 Å². The maximum absolute atomic E-state index is 10.3. The zero-order chi connectivity index (χ0) is 18.4. The van der Waals surface area contributed by atoms with Gasteiger partial charge in [-0.25, -0.2) is 0 Å². The summed E-state index contributed by atoms with van der Waals surface area (Å²) >= 11 is 0. The van der Waals surface area contributed by atoms with Crippen molar-refractivity contribution in [1.82, 2.24) is 4.90 Å². The minimum absolute atomic E-state index is 0.198. The van der Waals surface area contributed by atoms with Crippen LogP contribution in [0.25, 0.3) is 0 Å². The number of rotatable bonds is 8. The summed E-state index contributed by atoms with van der Waals surface area (Å²) in [6, 6.07) is 14.8. The first-order valence-electron chi connectivity index (χ1n) is 8.60. The molecule has 0 radical (unpaired) electrons. The first kappa shape index (κ1) is 18.1. The highest BCUT2D eigenvalue weighted by Gasteiger charge is 2.16. The van der Waals surface area contributed by atoms with Crippen LogP contribution < -0.4 is 14.2 Å². The van der Waals surface area contributed by atoms with Gasteiger partial charge in [-0.1, -0.05) is 13.0 Å². The summed E-state index contributed by atoms with van der Waals surface area (Å²) in [6.07, 6.45) is -0.611. The molecule has 0 saturated heterocycles. The van der Waals surface area contributed by atoms with E-state index in [1.54, 1.807) is 24.3 Å². The lowest BCUT2D eigenvalue weighted by molar-refractivity contribution is 0.0674. The van der Waals surface area contributed by atoms with Gasteiger partial charge < -0.3 is 19.3 Å². The Bertz CT molecular complexity index is 770. The van der Waals surface area contributed by atoms with Crippen molar-refractivity contribution >= 4 is 0 Å². The molecule has 1 aliphatic rings. The molecule has 6 heteroatoms. The van der Waals surface area contributed by atoms with Crippen molar-refractivity contribution in [1.29, 1.82) is 5.26 Å². The Labute approximate surface area is 153 Å². The molecule has 6 nitrogen and oxygen atoms in total. The summed E-state index contributed by atoms with van der Waals surface area (Å²) in [7, 11) is 0. The molecular weight excluding hydrogens is 332 g/mol. The highest BCUT2D eigenvalue weighted by atomic mass is 16.7. The lowest BCUT2D eigenvalue weighted by Gasteiger charge is -2.24. The number of aliphatic hydroxyl groups is 1. The van der Waals surface area contributed by atoms with Gasteiger partial charge in [0.1, 0.15) is 18.5 Å². The molecule has 0 fully saturated rings. The van der Waals surface area contributed by atoms with Crippen LogP contribution in [0.2, 0.25) is 0 Å². The van der Waals surface area contributed by atoms with Gasteiger partial charge in [0.05, 0.1) is 11.6 Å².